The molecule has 0 aromatic heterocycles. The average Bonchev–Trinajstić information content (AvgIpc) is 2.68. The van der Waals surface area contributed by atoms with Crippen molar-refractivity contribution in [2.45, 2.75) is 32.9 Å². The summed E-state index contributed by atoms with van der Waals surface area (Å²) in [7, 11) is 0. The maximum atomic E-state index is 6.19. The number of benzene rings is 1. The molecule has 1 N–H and O–H groups in total. The summed E-state index contributed by atoms with van der Waals surface area (Å²) in [6.45, 7) is 6.95. The predicted octanol–water partition coefficient (Wildman–Crippen LogP) is 3.16. The van der Waals surface area contributed by atoms with Crippen LogP contribution in [-0.2, 0) is 11.3 Å². The van der Waals surface area contributed by atoms with Gasteiger partial charge in [0.15, 0.2) is 0 Å². The van der Waals surface area contributed by atoms with Crippen molar-refractivity contribution in [1.82, 2.24) is 5.32 Å². The lowest BCUT2D eigenvalue weighted by molar-refractivity contribution is 0.105. The number of nitrogens with one attached hydrogen (secondary N) is 1. The van der Waals surface area contributed by atoms with Crippen LogP contribution in [0.5, 0.6) is 0 Å². The summed E-state index contributed by atoms with van der Waals surface area (Å²) in [4.78, 5) is 0. The molecule has 3 heteroatoms. The Morgan fingerprint density at radius 2 is 2.29 bits per heavy atom. The van der Waals surface area contributed by atoms with E-state index in [4.69, 9.17) is 16.3 Å². The van der Waals surface area contributed by atoms with Crippen LogP contribution >= 0.6 is 11.6 Å². The molecule has 1 saturated heterocycles. The van der Waals surface area contributed by atoms with Crippen molar-refractivity contribution in [2.75, 3.05) is 13.2 Å². The fourth-order valence-corrected chi connectivity index (χ4v) is 2.53. The van der Waals surface area contributed by atoms with Crippen molar-refractivity contribution in [1.29, 1.82) is 0 Å². The van der Waals surface area contributed by atoms with E-state index in [2.05, 4.69) is 31.3 Å². The Bertz CT molecular complexity index is 380. The summed E-state index contributed by atoms with van der Waals surface area (Å²) in [6, 6.07) is 6.21. The molecule has 1 heterocycles. The monoisotopic (exact) mass is 253 g/mol. The van der Waals surface area contributed by atoms with E-state index in [0.29, 0.717) is 12.0 Å². The molecular formula is C14H20ClNO. The van der Waals surface area contributed by atoms with Gasteiger partial charge in [-0.05, 0) is 43.4 Å². The van der Waals surface area contributed by atoms with Crippen LogP contribution in [0, 0.1) is 12.8 Å². The van der Waals surface area contributed by atoms with E-state index >= 15 is 0 Å². The van der Waals surface area contributed by atoms with Crippen molar-refractivity contribution in [3.8, 4) is 0 Å². The summed E-state index contributed by atoms with van der Waals surface area (Å²) in [6.07, 6.45) is 1.55. The molecule has 0 radical (unpaired) electrons. The molecule has 17 heavy (non-hydrogen) atoms. The zero-order chi connectivity index (χ0) is 12.3. The second-order valence-corrected chi connectivity index (χ2v) is 5.26. The molecule has 0 spiro atoms. The van der Waals surface area contributed by atoms with Gasteiger partial charge in [0.05, 0.1) is 6.10 Å². The lowest BCUT2D eigenvalue weighted by atomic mass is 10.0. The largest absolute Gasteiger partial charge is 0.378 e. The third-order valence-corrected chi connectivity index (χ3v) is 3.82. The van der Waals surface area contributed by atoms with Gasteiger partial charge in [-0.2, -0.15) is 0 Å². The first-order chi connectivity index (χ1) is 8.16. The SMILES string of the molecule is Cc1ccc(CNCC2CCOC2C)c(Cl)c1. The van der Waals surface area contributed by atoms with Crippen molar-refractivity contribution >= 4 is 11.6 Å². The lowest BCUT2D eigenvalue weighted by Gasteiger charge is -2.15. The molecule has 0 amide bonds. The van der Waals surface area contributed by atoms with Gasteiger partial charge >= 0.3 is 0 Å². The minimum atomic E-state index is 0.385. The first kappa shape index (κ1) is 12.9. The molecule has 1 aliphatic heterocycles. The fraction of sp³-hybridized carbons (Fsp3) is 0.571. The number of halogens is 1. The molecule has 1 aromatic carbocycles. The highest BCUT2D eigenvalue weighted by atomic mass is 35.5. The van der Waals surface area contributed by atoms with Crippen molar-refractivity contribution < 1.29 is 4.74 Å². The van der Waals surface area contributed by atoms with E-state index in [-0.39, 0.29) is 0 Å². The Labute approximate surface area is 108 Å². The minimum Gasteiger partial charge on any atom is -0.378 e. The summed E-state index contributed by atoms with van der Waals surface area (Å²) in [5.74, 6) is 0.638. The zero-order valence-electron chi connectivity index (χ0n) is 10.5. The number of rotatable bonds is 4. The van der Waals surface area contributed by atoms with Gasteiger partial charge in [-0.1, -0.05) is 23.7 Å². The standard InChI is InChI=1S/C14H20ClNO/c1-10-3-4-13(14(15)7-10)9-16-8-12-5-6-17-11(12)2/h3-4,7,11-12,16H,5-6,8-9H2,1-2H3. The van der Waals surface area contributed by atoms with E-state index in [1.54, 1.807) is 0 Å². The quantitative estimate of drug-likeness (QED) is 0.890. The third kappa shape index (κ3) is 3.44. The molecule has 0 aliphatic carbocycles. The summed E-state index contributed by atoms with van der Waals surface area (Å²) in [5, 5.41) is 4.32. The van der Waals surface area contributed by atoms with Gasteiger partial charge in [0.25, 0.3) is 0 Å². The second-order valence-electron chi connectivity index (χ2n) is 4.85. The minimum absolute atomic E-state index is 0.385. The van der Waals surface area contributed by atoms with Gasteiger partial charge < -0.3 is 10.1 Å². The van der Waals surface area contributed by atoms with Gasteiger partial charge in [0, 0.05) is 24.7 Å². The number of hydrogen-bond donors (Lipinski definition) is 1. The predicted molar refractivity (Wildman–Crippen MR) is 71.4 cm³/mol. The van der Waals surface area contributed by atoms with E-state index in [1.807, 2.05) is 6.07 Å². The van der Waals surface area contributed by atoms with E-state index in [9.17, 15) is 0 Å². The van der Waals surface area contributed by atoms with Gasteiger partial charge in [-0.3, -0.25) is 0 Å². The van der Waals surface area contributed by atoms with Crippen LogP contribution in [0.2, 0.25) is 5.02 Å². The summed E-state index contributed by atoms with van der Waals surface area (Å²) in [5.41, 5.74) is 2.38. The Kier molecular flexibility index (Phi) is 4.43. The summed E-state index contributed by atoms with van der Waals surface area (Å²) >= 11 is 6.19. The average molecular weight is 254 g/mol. The highest BCUT2D eigenvalue weighted by Gasteiger charge is 2.23. The summed E-state index contributed by atoms with van der Waals surface area (Å²) < 4.78 is 5.54. The zero-order valence-corrected chi connectivity index (χ0v) is 11.3. The first-order valence-electron chi connectivity index (χ1n) is 6.24. The smallest absolute Gasteiger partial charge is 0.0588 e. The van der Waals surface area contributed by atoms with Crippen LogP contribution in [0.1, 0.15) is 24.5 Å². The molecule has 2 unspecified atom stereocenters. The molecule has 2 rings (SSSR count). The van der Waals surface area contributed by atoms with Crippen LogP contribution in [0.3, 0.4) is 0 Å². The Morgan fingerprint density at radius 1 is 1.47 bits per heavy atom. The lowest BCUT2D eigenvalue weighted by Crippen LogP contribution is -2.26. The Balaban J connectivity index is 1.81. The molecule has 1 aliphatic rings. The topological polar surface area (TPSA) is 21.3 Å². The molecule has 1 fully saturated rings. The maximum absolute atomic E-state index is 6.19. The van der Waals surface area contributed by atoms with E-state index in [0.717, 1.165) is 31.1 Å². The Morgan fingerprint density at radius 3 is 2.94 bits per heavy atom. The van der Waals surface area contributed by atoms with Crippen molar-refractivity contribution in [3.05, 3.63) is 34.3 Å². The molecule has 0 bridgehead atoms. The first-order valence-corrected chi connectivity index (χ1v) is 6.62. The highest BCUT2D eigenvalue weighted by Crippen LogP contribution is 2.20. The molecule has 2 nitrogen and oxygen atoms in total. The van der Waals surface area contributed by atoms with Crippen LogP contribution in [0.4, 0.5) is 0 Å². The van der Waals surface area contributed by atoms with Crippen LogP contribution < -0.4 is 5.32 Å². The van der Waals surface area contributed by atoms with E-state index < -0.39 is 0 Å². The number of aryl methyl sites for hydroxylation is 1. The molecule has 2 atom stereocenters. The van der Waals surface area contributed by atoms with Gasteiger partial charge in [-0.15, -0.1) is 0 Å². The third-order valence-electron chi connectivity index (χ3n) is 3.46. The van der Waals surface area contributed by atoms with Crippen LogP contribution in [0.15, 0.2) is 18.2 Å². The van der Waals surface area contributed by atoms with Crippen LogP contribution in [-0.4, -0.2) is 19.3 Å². The number of hydrogen-bond acceptors (Lipinski definition) is 2. The number of ether oxygens (including phenoxy) is 1. The molecular weight excluding hydrogens is 234 g/mol. The normalized spacial score (nSPS) is 24.2. The highest BCUT2D eigenvalue weighted by molar-refractivity contribution is 6.31. The Hall–Kier alpha value is -0.570. The molecule has 1 aromatic rings. The second kappa shape index (κ2) is 5.85. The van der Waals surface area contributed by atoms with Crippen molar-refractivity contribution in [3.63, 3.8) is 0 Å². The van der Waals surface area contributed by atoms with E-state index in [1.165, 1.54) is 11.1 Å². The van der Waals surface area contributed by atoms with Crippen LogP contribution in [0.25, 0.3) is 0 Å². The molecule has 94 valence electrons. The van der Waals surface area contributed by atoms with Crippen molar-refractivity contribution in [2.24, 2.45) is 5.92 Å². The fourth-order valence-electron chi connectivity index (χ4n) is 2.23. The van der Waals surface area contributed by atoms with Gasteiger partial charge in [0.2, 0.25) is 0 Å². The van der Waals surface area contributed by atoms with Gasteiger partial charge in [0.1, 0.15) is 0 Å². The maximum Gasteiger partial charge on any atom is 0.0588 e. The molecule has 0 saturated carbocycles. The van der Waals surface area contributed by atoms with Gasteiger partial charge in [-0.25, -0.2) is 0 Å².